The maximum absolute atomic E-state index is 11.3. The van der Waals surface area contributed by atoms with Gasteiger partial charge < -0.3 is 0 Å². The molecule has 4 aromatic carbocycles. The van der Waals surface area contributed by atoms with Crippen LogP contribution in [0.25, 0.3) is 0 Å². The number of carbonyl (C=O) groups is 1. The van der Waals surface area contributed by atoms with Crippen molar-refractivity contribution in [3.05, 3.63) is 136 Å². The van der Waals surface area contributed by atoms with Crippen LogP contribution < -0.4 is 4.46 Å². The van der Waals surface area contributed by atoms with Crippen molar-refractivity contribution in [3.8, 4) is 0 Å². The molecule has 0 heterocycles. The van der Waals surface area contributed by atoms with Gasteiger partial charge in [-0.1, -0.05) is 0 Å². The summed E-state index contributed by atoms with van der Waals surface area (Å²) in [7, 11) is 0. The summed E-state index contributed by atoms with van der Waals surface area (Å²) in [5.41, 5.74) is 8.73. The Bertz CT molecular complexity index is 1190. The van der Waals surface area contributed by atoms with Crippen molar-refractivity contribution in [3.63, 3.8) is 0 Å². The standard InChI is InChI=1S/C27H18O2Se/c28-26(29)17-13-15-18(16-14-17)30-27-22-10-4-1-7-19(22)25(20-8-2-5-11-23(20)27)21-9-3-6-12-24(21)27/h1-16,25H,(H,28,29). The van der Waals surface area contributed by atoms with Crippen LogP contribution >= 0.6 is 0 Å². The number of hydrogen-bond acceptors (Lipinski definition) is 1. The summed E-state index contributed by atoms with van der Waals surface area (Å²) in [6, 6.07) is 34.1. The van der Waals surface area contributed by atoms with Crippen LogP contribution in [-0.4, -0.2) is 26.0 Å². The Labute approximate surface area is 181 Å². The van der Waals surface area contributed by atoms with E-state index in [9.17, 15) is 9.90 Å². The summed E-state index contributed by atoms with van der Waals surface area (Å²) in [5, 5.41) is 9.30. The van der Waals surface area contributed by atoms with E-state index in [2.05, 4.69) is 72.8 Å². The summed E-state index contributed by atoms with van der Waals surface area (Å²) in [6.07, 6.45) is 0. The second kappa shape index (κ2) is 6.43. The third-order valence-electron chi connectivity index (χ3n) is 6.33. The van der Waals surface area contributed by atoms with Gasteiger partial charge in [0.15, 0.2) is 0 Å². The first-order valence-electron chi connectivity index (χ1n) is 10.0. The Hall–Kier alpha value is -3.13. The summed E-state index contributed by atoms with van der Waals surface area (Å²) in [4.78, 5) is 11.3. The van der Waals surface area contributed by atoms with Gasteiger partial charge in [-0.2, -0.15) is 0 Å². The van der Waals surface area contributed by atoms with Crippen molar-refractivity contribution in [2.24, 2.45) is 0 Å². The molecule has 0 radical (unpaired) electrons. The second-order valence-corrected chi connectivity index (χ2v) is 10.5. The third kappa shape index (κ3) is 2.28. The molecule has 144 valence electrons. The van der Waals surface area contributed by atoms with E-state index in [1.165, 1.54) is 37.8 Å². The van der Waals surface area contributed by atoms with Crippen LogP contribution in [0.1, 0.15) is 49.7 Å². The van der Waals surface area contributed by atoms with Gasteiger partial charge in [0.1, 0.15) is 0 Å². The molecule has 3 aliphatic rings. The summed E-state index contributed by atoms with van der Waals surface area (Å²) < 4.78 is 0.989. The van der Waals surface area contributed by atoms with Crippen LogP contribution in [0.2, 0.25) is 0 Å². The molecule has 0 saturated heterocycles. The molecular formula is C27H18O2Se. The predicted octanol–water partition coefficient (Wildman–Crippen LogP) is 4.51. The van der Waals surface area contributed by atoms with Crippen molar-refractivity contribution in [1.29, 1.82) is 0 Å². The molecule has 0 aromatic heterocycles. The van der Waals surface area contributed by atoms with Gasteiger partial charge in [-0.3, -0.25) is 0 Å². The Morgan fingerprint density at radius 3 is 1.53 bits per heavy atom. The van der Waals surface area contributed by atoms with E-state index in [0.717, 1.165) is 0 Å². The Morgan fingerprint density at radius 1 is 0.667 bits per heavy atom. The van der Waals surface area contributed by atoms with E-state index >= 15 is 0 Å². The van der Waals surface area contributed by atoms with Crippen molar-refractivity contribution >= 4 is 25.4 Å². The van der Waals surface area contributed by atoms with Gasteiger partial charge in [0.2, 0.25) is 0 Å². The zero-order valence-corrected chi connectivity index (χ0v) is 17.8. The Kier molecular flexibility index (Phi) is 3.80. The van der Waals surface area contributed by atoms with Crippen LogP contribution in [0.4, 0.5) is 0 Å². The average molecular weight is 453 g/mol. The fraction of sp³-hybridized carbons (Fsp3) is 0.0741. The fourth-order valence-electron chi connectivity index (χ4n) is 5.15. The Balaban J connectivity index is 1.65. The third-order valence-corrected chi connectivity index (χ3v) is 9.42. The molecule has 3 aliphatic carbocycles. The minimum absolute atomic E-state index is 0.0394. The van der Waals surface area contributed by atoms with E-state index in [0.29, 0.717) is 5.56 Å². The van der Waals surface area contributed by atoms with E-state index in [4.69, 9.17) is 0 Å². The van der Waals surface area contributed by atoms with Gasteiger partial charge in [-0.05, 0) is 0 Å². The fourth-order valence-corrected chi connectivity index (χ4v) is 8.33. The number of carboxylic acids is 1. The van der Waals surface area contributed by atoms with Crippen molar-refractivity contribution in [2.45, 2.75) is 10.2 Å². The molecule has 0 amide bonds. The first kappa shape index (κ1) is 17.7. The SMILES string of the molecule is O=C(O)c1ccc([Se]C23c4ccccc4C(c4ccccc42)c2ccccc23)cc1. The van der Waals surface area contributed by atoms with Crippen LogP contribution in [0, 0.1) is 0 Å². The minimum atomic E-state index is -0.883. The van der Waals surface area contributed by atoms with Gasteiger partial charge in [0.05, 0.1) is 0 Å². The summed E-state index contributed by atoms with van der Waals surface area (Å²) in [6.45, 7) is 0. The molecule has 0 saturated carbocycles. The van der Waals surface area contributed by atoms with Gasteiger partial charge in [-0.25, -0.2) is 0 Å². The van der Waals surface area contributed by atoms with Gasteiger partial charge in [0.25, 0.3) is 0 Å². The van der Waals surface area contributed by atoms with Crippen molar-refractivity contribution in [1.82, 2.24) is 0 Å². The zero-order chi connectivity index (χ0) is 20.3. The number of aromatic carboxylic acids is 1. The number of carboxylic acid groups (broad SMARTS) is 1. The van der Waals surface area contributed by atoms with Crippen molar-refractivity contribution in [2.75, 3.05) is 0 Å². The maximum atomic E-state index is 11.3. The van der Waals surface area contributed by atoms with Gasteiger partial charge >= 0.3 is 182 Å². The van der Waals surface area contributed by atoms with Crippen LogP contribution in [0.3, 0.4) is 0 Å². The molecule has 4 aromatic rings. The molecule has 2 bridgehead atoms. The molecule has 2 nitrogen and oxygen atoms in total. The van der Waals surface area contributed by atoms with Gasteiger partial charge in [0, 0.05) is 0 Å². The molecule has 1 N–H and O–H groups in total. The molecule has 0 spiro atoms. The van der Waals surface area contributed by atoms with E-state index in [-0.39, 0.29) is 25.2 Å². The first-order valence-corrected chi connectivity index (χ1v) is 11.7. The predicted molar refractivity (Wildman–Crippen MR) is 119 cm³/mol. The quantitative estimate of drug-likeness (QED) is 0.464. The summed E-state index contributed by atoms with van der Waals surface area (Å²) in [5.74, 6) is -0.605. The number of hydrogen-bond donors (Lipinski definition) is 1. The number of rotatable bonds is 3. The molecule has 0 atom stereocenters. The normalized spacial score (nSPS) is 20.2. The molecule has 0 unspecified atom stereocenters. The first-order chi connectivity index (χ1) is 14.7. The van der Waals surface area contributed by atoms with Crippen LogP contribution in [-0.2, 0) is 4.31 Å². The monoisotopic (exact) mass is 454 g/mol. The van der Waals surface area contributed by atoms with Gasteiger partial charge in [-0.15, -0.1) is 0 Å². The van der Waals surface area contributed by atoms with E-state index < -0.39 is 5.97 Å². The van der Waals surface area contributed by atoms with E-state index in [1.807, 2.05) is 12.1 Å². The molecular weight excluding hydrogens is 435 g/mol. The zero-order valence-electron chi connectivity index (χ0n) is 16.1. The number of benzene rings is 4. The molecule has 3 heteroatoms. The average Bonchev–Trinajstić information content (AvgIpc) is 2.80. The molecule has 0 fully saturated rings. The summed E-state index contributed by atoms with van der Waals surface area (Å²) >= 11 is 0.0394. The van der Waals surface area contributed by atoms with E-state index in [1.54, 1.807) is 12.1 Å². The molecule has 30 heavy (non-hydrogen) atoms. The molecule has 7 rings (SSSR count). The van der Waals surface area contributed by atoms with Crippen LogP contribution in [0.5, 0.6) is 0 Å². The Morgan fingerprint density at radius 2 is 1.10 bits per heavy atom. The topological polar surface area (TPSA) is 37.3 Å². The van der Waals surface area contributed by atoms with Crippen LogP contribution in [0.15, 0.2) is 97.1 Å². The second-order valence-electron chi connectivity index (χ2n) is 7.81. The van der Waals surface area contributed by atoms with Crippen molar-refractivity contribution < 1.29 is 9.90 Å². The molecule has 0 aliphatic heterocycles.